The predicted octanol–water partition coefficient (Wildman–Crippen LogP) is 10.9. The highest BCUT2D eigenvalue weighted by Gasteiger charge is 2.26. The maximum absolute atomic E-state index is 14.8. The molecule has 0 spiro atoms. The van der Waals surface area contributed by atoms with Crippen LogP contribution in [0.15, 0.2) is 103 Å². The molecule has 0 amide bonds. The van der Waals surface area contributed by atoms with Crippen molar-refractivity contribution in [2.24, 2.45) is 0 Å². The fraction of sp³-hybridized carbons (Fsp3) is 0.360. The van der Waals surface area contributed by atoms with Crippen molar-refractivity contribution in [3.8, 4) is 17.2 Å². The first-order valence-electron chi connectivity index (χ1n) is 22.5. The summed E-state index contributed by atoms with van der Waals surface area (Å²) in [5.74, 6) is 3.09. The fourth-order valence-electron chi connectivity index (χ4n) is 8.66. The van der Waals surface area contributed by atoms with Crippen LogP contribution in [0.1, 0.15) is 57.4 Å². The molecule has 1 unspecified atom stereocenters. The van der Waals surface area contributed by atoms with Gasteiger partial charge in [-0.1, -0.05) is 44.2 Å². The van der Waals surface area contributed by atoms with Crippen LogP contribution in [0.5, 0.6) is 17.2 Å². The monoisotopic (exact) mass is 914 g/mol. The standard InChI is InChI=1S/C50H60N8O5P2/c1-8-65(60,9-2)41-19-17-38(18-20-41)54-50-55-43(42-14-11-15-46(49(42)56-50)63-40-22-24-57(25-23-40)34(3)4)33-64(7,59)32-36-12-10-13-39(26-36)53-48-28-44-37(29-51-48)30-52-58(44)31-35-16-21-45(61-5)47(27-35)62-6/h10-21,26-30,34,40H,8-9,22-25,31-33H2,1-7H3,(H,51,53)(H,54,55,56). The number of anilines is 4. The second kappa shape index (κ2) is 19.8. The van der Waals surface area contributed by atoms with Crippen LogP contribution in [0.4, 0.5) is 23.1 Å². The number of para-hydroxylation sites is 1. The lowest BCUT2D eigenvalue weighted by Crippen LogP contribution is -2.41. The molecule has 1 saturated heterocycles. The number of hydrogen-bond acceptors (Lipinski definition) is 12. The van der Waals surface area contributed by atoms with Crippen LogP contribution in [-0.4, -0.2) is 88.1 Å². The molecule has 4 aromatic carbocycles. The fourth-order valence-corrected chi connectivity index (χ4v) is 12.5. The molecule has 3 aromatic heterocycles. The molecule has 2 N–H and O–H groups in total. The van der Waals surface area contributed by atoms with Gasteiger partial charge in [0.1, 0.15) is 30.3 Å². The predicted molar refractivity (Wildman–Crippen MR) is 265 cm³/mol. The molecule has 8 rings (SSSR count). The number of fused-ring (bicyclic) bond motifs is 2. The van der Waals surface area contributed by atoms with Crippen LogP contribution in [0.2, 0.25) is 0 Å². The van der Waals surface area contributed by atoms with Crippen molar-refractivity contribution in [2.75, 3.05) is 56.9 Å². The van der Waals surface area contributed by atoms with Gasteiger partial charge in [0.25, 0.3) is 0 Å². The van der Waals surface area contributed by atoms with Gasteiger partial charge in [0.2, 0.25) is 5.95 Å². The van der Waals surface area contributed by atoms with Crippen molar-refractivity contribution in [1.82, 2.24) is 29.6 Å². The Kier molecular flexibility index (Phi) is 13.9. The molecule has 1 atom stereocenters. The van der Waals surface area contributed by atoms with E-state index in [4.69, 9.17) is 24.2 Å². The average Bonchev–Trinajstić information content (AvgIpc) is 3.70. The quantitative estimate of drug-likeness (QED) is 0.0790. The highest BCUT2D eigenvalue weighted by molar-refractivity contribution is 7.71. The van der Waals surface area contributed by atoms with Gasteiger partial charge in [0, 0.05) is 83.5 Å². The van der Waals surface area contributed by atoms with Gasteiger partial charge >= 0.3 is 0 Å². The van der Waals surface area contributed by atoms with Gasteiger partial charge in [-0.25, -0.2) is 15.0 Å². The molecule has 0 radical (unpaired) electrons. The Bertz CT molecular complexity index is 2870. The summed E-state index contributed by atoms with van der Waals surface area (Å²) in [5.41, 5.74) is 5.87. The number of piperidine rings is 1. The van der Waals surface area contributed by atoms with E-state index >= 15 is 0 Å². The average molecular weight is 915 g/mol. The van der Waals surface area contributed by atoms with Gasteiger partial charge in [-0.05, 0) is 99.1 Å². The number of likely N-dealkylation sites (tertiary alicyclic amines) is 1. The Hall–Kier alpha value is -5.74. The van der Waals surface area contributed by atoms with E-state index in [0.717, 1.165) is 70.0 Å². The van der Waals surface area contributed by atoms with Crippen molar-refractivity contribution in [1.29, 1.82) is 0 Å². The molecule has 65 heavy (non-hydrogen) atoms. The first kappa shape index (κ1) is 45.8. The Morgan fingerprint density at radius 1 is 0.769 bits per heavy atom. The number of nitrogens with one attached hydrogen (secondary N) is 2. The minimum absolute atomic E-state index is 0.0622. The Balaban J connectivity index is 1.03. The van der Waals surface area contributed by atoms with E-state index in [9.17, 15) is 9.13 Å². The third-order valence-electron chi connectivity index (χ3n) is 12.4. The Morgan fingerprint density at radius 2 is 1.52 bits per heavy atom. The molecule has 1 fully saturated rings. The largest absolute Gasteiger partial charge is 0.493 e. The molecular formula is C50H60N8O5P2. The molecule has 13 nitrogen and oxygen atoms in total. The summed E-state index contributed by atoms with van der Waals surface area (Å²) in [4.78, 5) is 17.2. The van der Waals surface area contributed by atoms with E-state index in [2.05, 4.69) is 39.5 Å². The van der Waals surface area contributed by atoms with Gasteiger partial charge in [0.05, 0.1) is 45.3 Å². The smallest absolute Gasteiger partial charge is 0.228 e. The first-order chi connectivity index (χ1) is 31.3. The van der Waals surface area contributed by atoms with Crippen LogP contribution >= 0.6 is 14.3 Å². The second-order valence-electron chi connectivity index (χ2n) is 17.3. The summed E-state index contributed by atoms with van der Waals surface area (Å²) in [6.07, 6.45) is 7.40. The van der Waals surface area contributed by atoms with Gasteiger partial charge < -0.3 is 38.9 Å². The third kappa shape index (κ3) is 10.7. The number of rotatable bonds is 18. The highest BCUT2D eigenvalue weighted by atomic mass is 31.2. The lowest BCUT2D eigenvalue weighted by molar-refractivity contribution is 0.0852. The SMILES string of the molecule is CCP(=O)(CC)c1ccc(Nc2nc(CP(C)(=O)Cc3cccc(Nc4cc5c(cn4)cnn5Cc4ccc(OC)c(OC)c4)c3)c3cccc(OC4CCN(C(C)C)CC4)c3n2)cc1. The summed E-state index contributed by atoms with van der Waals surface area (Å²) in [5, 5.41) is 14.1. The zero-order chi connectivity index (χ0) is 45.7. The van der Waals surface area contributed by atoms with Crippen LogP contribution < -0.4 is 30.1 Å². The van der Waals surface area contributed by atoms with Crippen LogP contribution in [0.3, 0.4) is 0 Å². The van der Waals surface area contributed by atoms with Crippen LogP contribution in [-0.2, 0) is 28.0 Å². The number of pyridine rings is 1. The molecule has 0 aliphatic carbocycles. The summed E-state index contributed by atoms with van der Waals surface area (Å²) in [7, 11) is -2.07. The summed E-state index contributed by atoms with van der Waals surface area (Å²) in [6, 6.07) is 30.0. The second-order valence-corrected chi connectivity index (χ2v) is 24.1. The van der Waals surface area contributed by atoms with Crippen molar-refractivity contribution in [2.45, 2.75) is 71.6 Å². The lowest BCUT2D eigenvalue weighted by Gasteiger charge is -2.34. The number of methoxy groups -OCH3 is 2. The minimum Gasteiger partial charge on any atom is -0.493 e. The molecule has 7 aromatic rings. The lowest BCUT2D eigenvalue weighted by atomic mass is 10.1. The van der Waals surface area contributed by atoms with Crippen molar-refractivity contribution < 1.29 is 23.3 Å². The van der Waals surface area contributed by atoms with E-state index in [-0.39, 0.29) is 12.3 Å². The maximum atomic E-state index is 14.8. The van der Waals surface area contributed by atoms with E-state index in [1.54, 1.807) is 14.2 Å². The Labute approximate surface area is 382 Å². The van der Waals surface area contributed by atoms with Gasteiger partial charge in [-0.3, -0.25) is 4.68 Å². The van der Waals surface area contributed by atoms with Crippen molar-refractivity contribution in [3.05, 3.63) is 120 Å². The van der Waals surface area contributed by atoms with Crippen LogP contribution in [0.25, 0.3) is 21.8 Å². The van der Waals surface area contributed by atoms with E-state index in [1.165, 1.54) is 0 Å². The molecule has 15 heteroatoms. The molecule has 340 valence electrons. The molecule has 0 saturated carbocycles. The molecule has 1 aliphatic heterocycles. The summed E-state index contributed by atoms with van der Waals surface area (Å²) >= 11 is 0. The van der Waals surface area contributed by atoms with E-state index in [1.807, 2.05) is 129 Å². The van der Waals surface area contributed by atoms with Crippen molar-refractivity contribution in [3.63, 3.8) is 0 Å². The maximum Gasteiger partial charge on any atom is 0.228 e. The Morgan fingerprint density at radius 3 is 2.25 bits per heavy atom. The minimum atomic E-state index is -2.89. The zero-order valence-electron chi connectivity index (χ0n) is 38.5. The van der Waals surface area contributed by atoms with Crippen LogP contribution in [0, 0.1) is 0 Å². The van der Waals surface area contributed by atoms with Gasteiger partial charge in [-0.15, -0.1) is 0 Å². The number of nitrogens with zero attached hydrogens (tertiary/aromatic N) is 6. The van der Waals surface area contributed by atoms with Crippen molar-refractivity contribution >= 4 is 64.5 Å². The highest BCUT2D eigenvalue weighted by Crippen LogP contribution is 2.50. The summed E-state index contributed by atoms with van der Waals surface area (Å²) in [6.45, 7) is 12.8. The van der Waals surface area contributed by atoms with Gasteiger partial charge in [-0.2, -0.15) is 5.10 Å². The first-order valence-corrected chi connectivity index (χ1v) is 27.1. The molecule has 0 bridgehead atoms. The van der Waals surface area contributed by atoms with Gasteiger partial charge in [0.15, 0.2) is 11.5 Å². The number of hydrogen-bond donors (Lipinski definition) is 2. The molecule has 1 aliphatic rings. The molecular weight excluding hydrogens is 855 g/mol. The summed E-state index contributed by atoms with van der Waals surface area (Å²) < 4.78 is 47.8. The van der Waals surface area contributed by atoms with E-state index in [0.29, 0.717) is 71.3 Å². The number of ether oxygens (including phenoxy) is 3. The third-order valence-corrected chi connectivity index (χ3v) is 17.7. The zero-order valence-corrected chi connectivity index (χ0v) is 40.2. The topological polar surface area (TPSA) is 146 Å². The number of benzene rings is 4. The molecule has 4 heterocycles. The normalized spacial score (nSPS) is 14.7. The van der Waals surface area contributed by atoms with E-state index < -0.39 is 14.3 Å². The number of aromatic nitrogens is 5.